The number of benzene rings is 1. The van der Waals surface area contributed by atoms with Crippen molar-refractivity contribution in [2.75, 3.05) is 0 Å². The molecule has 2 amide bonds. The van der Waals surface area contributed by atoms with Gasteiger partial charge in [-0.2, -0.15) is 18.3 Å². The van der Waals surface area contributed by atoms with Crippen molar-refractivity contribution in [1.29, 1.82) is 0 Å². The minimum Gasteiger partial charge on any atom is -0.329 e. The Morgan fingerprint density at radius 1 is 1.14 bits per heavy atom. The van der Waals surface area contributed by atoms with Crippen molar-refractivity contribution >= 4 is 23.4 Å². The average molecular weight is 496 g/mol. The summed E-state index contributed by atoms with van der Waals surface area (Å²) in [5, 5.41) is 8.19. The molecule has 1 aromatic carbocycles. The maximum absolute atomic E-state index is 14.0. The zero-order valence-electron chi connectivity index (χ0n) is 18.4. The van der Waals surface area contributed by atoms with Crippen LogP contribution >= 0.6 is 0 Å². The molecule has 4 heterocycles. The number of carbonyl (C=O) groups is 3. The van der Waals surface area contributed by atoms with Crippen LogP contribution in [0.5, 0.6) is 0 Å². The fourth-order valence-electron chi connectivity index (χ4n) is 4.92. The first-order valence-corrected chi connectivity index (χ1v) is 10.8. The lowest BCUT2D eigenvalue weighted by Gasteiger charge is -2.23. The lowest BCUT2D eigenvalue weighted by molar-refractivity contribution is -0.170. The molecule has 0 spiro atoms. The van der Waals surface area contributed by atoms with Crippen molar-refractivity contribution in [2.45, 2.75) is 31.2 Å². The minimum absolute atomic E-state index is 0.0488. The van der Waals surface area contributed by atoms with Gasteiger partial charge in [-0.3, -0.25) is 9.59 Å². The Morgan fingerprint density at radius 3 is 2.47 bits per heavy atom. The third kappa shape index (κ3) is 2.98. The summed E-state index contributed by atoms with van der Waals surface area (Å²) in [6.45, 7) is -1.24. The average Bonchev–Trinajstić information content (AvgIpc) is 3.60. The van der Waals surface area contributed by atoms with Gasteiger partial charge >= 0.3 is 12.5 Å². The second-order valence-electron chi connectivity index (χ2n) is 8.71. The van der Waals surface area contributed by atoms with Crippen LogP contribution < -0.4 is 0 Å². The number of imide groups is 1. The summed E-state index contributed by atoms with van der Waals surface area (Å²) in [7, 11) is 0. The molecule has 0 N–H and O–H groups in total. The van der Waals surface area contributed by atoms with E-state index in [1.807, 2.05) is 0 Å². The fraction of sp³-hybridized carbons (Fsp3) is 0.217. The Kier molecular flexibility index (Phi) is 4.56. The van der Waals surface area contributed by atoms with E-state index in [2.05, 4.69) is 15.2 Å². The second kappa shape index (κ2) is 7.47. The molecule has 182 valence electrons. The normalized spacial score (nSPS) is 20.9. The van der Waals surface area contributed by atoms with Crippen LogP contribution in [0.3, 0.4) is 0 Å². The first-order valence-electron chi connectivity index (χ1n) is 10.8. The molecule has 13 heteroatoms. The predicted octanol–water partition coefficient (Wildman–Crippen LogP) is 3.01. The van der Waals surface area contributed by atoms with Gasteiger partial charge in [0.25, 0.3) is 11.8 Å². The van der Waals surface area contributed by atoms with Gasteiger partial charge in [0.2, 0.25) is 5.95 Å². The predicted molar refractivity (Wildman–Crippen MR) is 113 cm³/mol. The molecule has 2 aliphatic rings. The molecule has 0 saturated heterocycles. The van der Waals surface area contributed by atoms with Crippen LogP contribution in [-0.2, 0) is 15.0 Å². The Morgan fingerprint density at radius 2 is 1.83 bits per heavy atom. The van der Waals surface area contributed by atoms with Crippen molar-refractivity contribution in [3.05, 3.63) is 82.8 Å². The lowest BCUT2D eigenvalue weighted by Crippen LogP contribution is -2.34. The monoisotopic (exact) mass is 496 g/mol. The smallest absolute Gasteiger partial charge is 0.329 e. The van der Waals surface area contributed by atoms with Crippen LogP contribution in [0.25, 0.3) is 5.65 Å². The molecule has 2 atom stereocenters. The van der Waals surface area contributed by atoms with E-state index in [0.29, 0.717) is 15.4 Å². The molecule has 0 fully saturated rings. The molecule has 4 aromatic rings. The first-order chi connectivity index (χ1) is 17.2. The van der Waals surface area contributed by atoms with Crippen LogP contribution in [-0.4, -0.2) is 47.2 Å². The number of nitrogens with zero attached hydrogens (tertiary/aromatic N) is 6. The summed E-state index contributed by atoms with van der Waals surface area (Å²) >= 11 is 0. The van der Waals surface area contributed by atoms with Gasteiger partial charge in [-0.25, -0.2) is 19.0 Å². The highest BCUT2D eigenvalue weighted by molar-refractivity contribution is 6.21. The van der Waals surface area contributed by atoms with Crippen molar-refractivity contribution in [1.82, 2.24) is 29.4 Å². The standard InChI is InChI=1S/C23H15F3N6O4/c1-23(15-6-7-30(28-15)22(25)26)9-13(14-10-27-17-8-16(24)29-31(17)18(14)23)21(35)36-32-19(33)11-4-2-3-5-12(11)20(32)34/h2-8,10,13,22H,9H2,1H3/t13?,23-/m1/s1. The number of aromatic nitrogens is 5. The number of amides is 2. The van der Waals surface area contributed by atoms with E-state index >= 15 is 0 Å². The molecule has 6 rings (SSSR count). The van der Waals surface area contributed by atoms with E-state index in [1.165, 1.54) is 28.9 Å². The first kappa shape index (κ1) is 21.9. The number of hydrogen-bond donors (Lipinski definition) is 0. The van der Waals surface area contributed by atoms with Crippen LogP contribution in [0, 0.1) is 5.95 Å². The van der Waals surface area contributed by atoms with Gasteiger partial charge in [0.15, 0.2) is 5.65 Å². The van der Waals surface area contributed by atoms with Gasteiger partial charge in [0.05, 0.1) is 33.8 Å². The molecular weight excluding hydrogens is 481 g/mol. The molecular formula is C23H15F3N6O4. The summed E-state index contributed by atoms with van der Waals surface area (Å²) in [6, 6.07) is 8.50. The summed E-state index contributed by atoms with van der Waals surface area (Å²) in [5.74, 6) is -4.44. The van der Waals surface area contributed by atoms with Gasteiger partial charge in [-0.1, -0.05) is 17.2 Å². The number of rotatable bonds is 4. The summed E-state index contributed by atoms with van der Waals surface area (Å²) in [6.07, 6.45) is 2.39. The Balaban J connectivity index is 1.41. The number of hydroxylamine groups is 2. The van der Waals surface area contributed by atoms with Gasteiger partial charge in [0.1, 0.15) is 0 Å². The summed E-state index contributed by atoms with van der Waals surface area (Å²) < 4.78 is 42.2. The van der Waals surface area contributed by atoms with Crippen LogP contribution in [0.15, 0.2) is 48.8 Å². The zero-order chi connectivity index (χ0) is 25.4. The molecule has 1 aliphatic heterocycles. The molecule has 1 aliphatic carbocycles. The molecule has 10 nitrogen and oxygen atoms in total. The van der Waals surface area contributed by atoms with Crippen molar-refractivity contribution in [2.24, 2.45) is 0 Å². The van der Waals surface area contributed by atoms with Crippen molar-refractivity contribution in [3.8, 4) is 0 Å². The maximum atomic E-state index is 14.0. The topological polar surface area (TPSA) is 112 Å². The van der Waals surface area contributed by atoms with E-state index in [1.54, 1.807) is 19.1 Å². The molecule has 0 radical (unpaired) electrons. The molecule has 0 saturated carbocycles. The van der Waals surface area contributed by atoms with E-state index in [4.69, 9.17) is 4.84 Å². The Labute approximate surface area is 199 Å². The highest BCUT2D eigenvalue weighted by atomic mass is 19.3. The number of hydrogen-bond acceptors (Lipinski definition) is 7. The third-order valence-corrected chi connectivity index (χ3v) is 6.59. The molecule has 1 unspecified atom stereocenters. The van der Waals surface area contributed by atoms with Crippen molar-refractivity contribution < 1.29 is 32.4 Å². The van der Waals surface area contributed by atoms with E-state index in [-0.39, 0.29) is 34.5 Å². The van der Waals surface area contributed by atoms with Gasteiger partial charge in [-0.05, 0) is 31.5 Å². The van der Waals surface area contributed by atoms with E-state index < -0.39 is 41.6 Å². The number of fused-ring (bicyclic) bond motifs is 4. The van der Waals surface area contributed by atoms with Gasteiger partial charge in [0, 0.05) is 24.0 Å². The molecule has 3 aromatic heterocycles. The zero-order valence-corrected chi connectivity index (χ0v) is 18.4. The van der Waals surface area contributed by atoms with Gasteiger partial charge in [-0.15, -0.1) is 5.10 Å². The number of carbonyl (C=O) groups excluding carboxylic acids is 3. The summed E-state index contributed by atoms with van der Waals surface area (Å²) in [5.41, 5.74) is -0.0919. The summed E-state index contributed by atoms with van der Waals surface area (Å²) in [4.78, 5) is 48.1. The van der Waals surface area contributed by atoms with Crippen molar-refractivity contribution in [3.63, 3.8) is 0 Å². The Bertz CT molecular complexity index is 1560. The number of halogens is 3. The number of alkyl halides is 2. The van der Waals surface area contributed by atoms with Gasteiger partial charge < -0.3 is 4.84 Å². The SMILES string of the molecule is C[C@]1(c2ccn(C(F)F)n2)CC(C(=O)ON2C(=O)c3ccccc3C2=O)c2cnc3cc(F)nn3c21. The second-order valence-corrected chi connectivity index (χ2v) is 8.71. The highest BCUT2D eigenvalue weighted by Crippen LogP contribution is 2.49. The van der Waals surface area contributed by atoms with Crippen LogP contribution in [0.1, 0.15) is 63.5 Å². The molecule has 36 heavy (non-hydrogen) atoms. The fourth-order valence-corrected chi connectivity index (χ4v) is 4.92. The van der Waals surface area contributed by atoms with E-state index in [0.717, 1.165) is 12.3 Å². The van der Waals surface area contributed by atoms with Crippen LogP contribution in [0.2, 0.25) is 0 Å². The minimum atomic E-state index is -2.89. The maximum Gasteiger partial charge on any atom is 0.340 e. The van der Waals surface area contributed by atoms with E-state index in [9.17, 15) is 27.6 Å². The largest absolute Gasteiger partial charge is 0.340 e. The highest BCUT2D eigenvalue weighted by Gasteiger charge is 2.50. The third-order valence-electron chi connectivity index (χ3n) is 6.59. The Hall–Kier alpha value is -4.55. The quantitative estimate of drug-likeness (QED) is 0.399. The van der Waals surface area contributed by atoms with Crippen LogP contribution in [0.4, 0.5) is 13.2 Å². The lowest BCUT2D eigenvalue weighted by atomic mass is 9.83. The molecule has 0 bridgehead atoms.